The molecule has 1 fully saturated rings. The molecule has 128 valence electrons. The highest BCUT2D eigenvalue weighted by Crippen LogP contribution is 2.16. The zero-order valence-electron chi connectivity index (χ0n) is 13.6. The highest BCUT2D eigenvalue weighted by molar-refractivity contribution is 6.29. The Balaban J connectivity index is 1.74. The van der Waals surface area contributed by atoms with Crippen molar-refractivity contribution in [2.45, 2.75) is 13.8 Å². The van der Waals surface area contributed by atoms with Gasteiger partial charge in [-0.05, 0) is 19.9 Å². The van der Waals surface area contributed by atoms with Crippen molar-refractivity contribution >= 4 is 23.3 Å². The lowest BCUT2D eigenvalue weighted by molar-refractivity contribution is -0.118. The lowest BCUT2D eigenvalue weighted by atomic mass is 10.4. The van der Waals surface area contributed by atoms with E-state index >= 15 is 0 Å². The summed E-state index contributed by atoms with van der Waals surface area (Å²) < 4.78 is 6.87. The van der Waals surface area contributed by atoms with Gasteiger partial charge >= 0.3 is 0 Å². The van der Waals surface area contributed by atoms with Gasteiger partial charge < -0.3 is 10.1 Å². The second-order valence-corrected chi connectivity index (χ2v) is 6.04. The van der Waals surface area contributed by atoms with Crippen molar-refractivity contribution in [2.24, 2.45) is 0 Å². The SMILES string of the molecule is Cc1cc(C)n(-c2nc(Cl)cc(NC(=O)CN3CCOCC3)n2)n1. The van der Waals surface area contributed by atoms with E-state index in [4.69, 9.17) is 16.3 Å². The van der Waals surface area contributed by atoms with Gasteiger partial charge in [0.15, 0.2) is 0 Å². The van der Waals surface area contributed by atoms with E-state index in [1.54, 1.807) is 4.68 Å². The average Bonchev–Trinajstić information content (AvgIpc) is 2.86. The lowest BCUT2D eigenvalue weighted by Crippen LogP contribution is -2.41. The molecule has 0 aliphatic carbocycles. The van der Waals surface area contributed by atoms with Crippen LogP contribution in [0.3, 0.4) is 0 Å². The highest BCUT2D eigenvalue weighted by atomic mass is 35.5. The molecule has 1 aliphatic rings. The number of aryl methyl sites for hydroxylation is 2. The fourth-order valence-electron chi connectivity index (χ4n) is 2.54. The second kappa shape index (κ2) is 7.25. The number of morpholine rings is 1. The molecule has 3 rings (SSSR count). The number of carbonyl (C=O) groups is 1. The Morgan fingerprint density at radius 2 is 2.04 bits per heavy atom. The highest BCUT2D eigenvalue weighted by Gasteiger charge is 2.16. The zero-order valence-corrected chi connectivity index (χ0v) is 14.4. The Morgan fingerprint density at radius 3 is 2.71 bits per heavy atom. The molecule has 24 heavy (non-hydrogen) atoms. The van der Waals surface area contributed by atoms with Crippen molar-refractivity contribution in [1.29, 1.82) is 0 Å². The standard InChI is InChI=1S/C15H19ClN6O2/c1-10-7-11(2)22(20-10)15-17-12(16)8-13(19-15)18-14(23)9-21-3-5-24-6-4-21/h7-8H,3-6,9H2,1-2H3,(H,17,18,19,23). The summed E-state index contributed by atoms with van der Waals surface area (Å²) in [5, 5.41) is 7.35. The second-order valence-electron chi connectivity index (χ2n) is 5.65. The quantitative estimate of drug-likeness (QED) is 0.834. The molecule has 0 spiro atoms. The van der Waals surface area contributed by atoms with Crippen LogP contribution >= 0.6 is 11.6 Å². The van der Waals surface area contributed by atoms with Gasteiger partial charge in [0.05, 0.1) is 25.5 Å². The zero-order chi connectivity index (χ0) is 17.1. The van der Waals surface area contributed by atoms with Crippen LogP contribution in [0.1, 0.15) is 11.4 Å². The molecule has 1 saturated heterocycles. The van der Waals surface area contributed by atoms with Gasteiger partial charge in [-0.15, -0.1) is 0 Å². The van der Waals surface area contributed by atoms with Crippen molar-refractivity contribution < 1.29 is 9.53 Å². The first-order valence-electron chi connectivity index (χ1n) is 7.69. The molecule has 1 amide bonds. The monoisotopic (exact) mass is 350 g/mol. The molecule has 2 aromatic rings. The van der Waals surface area contributed by atoms with Gasteiger partial charge in [-0.2, -0.15) is 15.1 Å². The van der Waals surface area contributed by atoms with E-state index in [-0.39, 0.29) is 11.1 Å². The van der Waals surface area contributed by atoms with Crippen LogP contribution in [0.15, 0.2) is 12.1 Å². The predicted octanol–water partition coefficient (Wildman–Crippen LogP) is 1.20. The van der Waals surface area contributed by atoms with Crippen molar-refractivity contribution in [3.8, 4) is 5.95 Å². The maximum absolute atomic E-state index is 12.2. The van der Waals surface area contributed by atoms with Crippen LogP contribution in [-0.4, -0.2) is 63.4 Å². The predicted molar refractivity (Wildman–Crippen MR) is 89.5 cm³/mol. The van der Waals surface area contributed by atoms with E-state index in [0.29, 0.717) is 31.5 Å². The minimum absolute atomic E-state index is 0.147. The summed E-state index contributed by atoms with van der Waals surface area (Å²) in [5.74, 6) is 0.538. The Morgan fingerprint density at radius 1 is 1.29 bits per heavy atom. The van der Waals surface area contributed by atoms with Crippen LogP contribution < -0.4 is 5.32 Å². The molecule has 9 heteroatoms. The molecular weight excluding hydrogens is 332 g/mol. The number of aromatic nitrogens is 4. The summed E-state index contributed by atoms with van der Waals surface area (Å²) in [5.41, 5.74) is 1.74. The first-order chi connectivity index (χ1) is 11.5. The molecule has 8 nitrogen and oxygen atoms in total. The van der Waals surface area contributed by atoms with Crippen molar-refractivity contribution in [3.05, 3.63) is 28.7 Å². The molecule has 0 unspecified atom stereocenters. The van der Waals surface area contributed by atoms with Gasteiger partial charge in [-0.3, -0.25) is 9.69 Å². The number of hydrogen-bond acceptors (Lipinski definition) is 6. The molecule has 1 aliphatic heterocycles. The number of amides is 1. The molecule has 1 N–H and O–H groups in total. The van der Waals surface area contributed by atoms with Crippen LogP contribution in [0, 0.1) is 13.8 Å². The third-order valence-electron chi connectivity index (χ3n) is 3.62. The number of nitrogens with zero attached hydrogens (tertiary/aromatic N) is 5. The third-order valence-corrected chi connectivity index (χ3v) is 3.81. The van der Waals surface area contributed by atoms with Gasteiger partial charge in [-0.1, -0.05) is 11.6 Å². The lowest BCUT2D eigenvalue weighted by Gasteiger charge is -2.25. The molecule has 3 heterocycles. The average molecular weight is 351 g/mol. The summed E-state index contributed by atoms with van der Waals surface area (Å²) in [6.07, 6.45) is 0. The van der Waals surface area contributed by atoms with Crippen LogP contribution in [0.25, 0.3) is 5.95 Å². The summed E-state index contributed by atoms with van der Waals surface area (Å²) >= 11 is 6.06. The molecule has 0 atom stereocenters. The van der Waals surface area contributed by atoms with Gasteiger partial charge in [0.1, 0.15) is 11.0 Å². The fourth-order valence-corrected chi connectivity index (χ4v) is 2.72. The first-order valence-corrected chi connectivity index (χ1v) is 8.07. The smallest absolute Gasteiger partial charge is 0.254 e. The molecule has 0 bridgehead atoms. The maximum atomic E-state index is 12.2. The van der Waals surface area contributed by atoms with Crippen LogP contribution in [0.4, 0.5) is 5.82 Å². The number of halogens is 1. The number of carbonyl (C=O) groups excluding carboxylic acids is 1. The van der Waals surface area contributed by atoms with E-state index in [1.807, 2.05) is 24.8 Å². The summed E-state index contributed by atoms with van der Waals surface area (Å²) in [7, 11) is 0. The van der Waals surface area contributed by atoms with E-state index < -0.39 is 0 Å². The summed E-state index contributed by atoms with van der Waals surface area (Å²) in [6, 6.07) is 3.44. The van der Waals surface area contributed by atoms with E-state index in [1.165, 1.54) is 6.07 Å². The summed E-state index contributed by atoms with van der Waals surface area (Å²) in [6.45, 7) is 6.87. The van der Waals surface area contributed by atoms with Crippen LogP contribution in [0.5, 0.6) is 0 Å². The Hall–Kier alpha value is -2.03. The van der Waals surface area contributed by atoms with Gasteiger partial charge in [-0.25, -0.2) is 4.68 Å². The largest absolute Gasteiger partial charge is 0.379 e. The number of ether oxygens (including phenoxy) is 1. The maximum Gasteiger partial charge on any atom is 0.254 e. The van der Waals surface area contributed by atoms with E-state index in [2.05, 4.69) is 20.4 Å². The minimum Gasteiger partial charge on any atom is -0.379 e. The molecular formula is C15H19ClN6O2. The number of anilines is 1. The Bertz CT molecular complexity index is 742. The molecule has 0 saturated carbocycles. The number of hydrogen-bond donors (Lipinski definition) is 1. The minimum atomic E-state index is -0.147. The normalized spacial score (nSPS) is 15.5. The summed E-state index contributed by atoms with van der Waals surface area (Å²) in [4.78, 5) is 22.7. The first kappa shape index (κ1) is 16.8. The van der Waals surface area contributed by atoms with E-state index in [9.17, 15) is 4.79 Å². The van der Waals surface area contributed by atoms with E-state index in [0.717, 1.165) is 24.5 Å². The van der Waals surface area contributed by atoms with Gasteiger partial charge in [0.25, 0.3) is 5.95 Å². The van der Waals surface area contributed by atoms with Gasteiger partial charge in [0.2, 0.25) is 5.91 Å². The van der Waals surface area contributed by atoms with Gasteiger partial charge in [0, 0.05) is 24.8 Å². The fraction of sp³-hybridized carbons (Fsp3) is 0.467. The topological polar surface area (TPSA) is 85.2 Å². The Labute approximate surface area is 144 Å². The number of rotatable bonds is 4. The van der Waals surface area contributed by atoms with Crippen molar-refractivity contribution in [2.75, 3.05) is 38.2 Å². The molecule has 2 aromatic heterocycles. The van der Waals surface area contributed by atoms with Crippen LogP contribution in [0.2, 0.25) is 5.15 Å². The van der Waals surface area contributed by atoms with Crippen molar-refractivity contribution in [3.63, 3.8) is 0 Å². The molecule has 0 radical (unpaired) electrons. The number of nitrogens with one attached hydrogen (secondary N) is 1. The Kier molecular flexibility index (Phi) is 5.08. The molecule has 0 aromatic carbocycles. The van der Waals surface area contributed by atoms with Crippen LogP contribution in [-0.2, 0) is 9.53 Å². The van der Waals surface area contributed by atoms with Crippen molar-refractivity contribution in [1.82, 2.24) is 24.6 Å². The third kappa shape index (κ3) is 4.08.